The van der Waals surface area contributed by atoms with Gasteiger partial charge < -0.3 is 14.8 Å². The molecule has 0 bridgehead atoms. The maximum Gasteiger partial charge on any atom is 0.407 e. The van der Waals surface area contributed by atoms with Gasteiger partial charge in [0.1, 0.15) is 23.3 Å². The molecule has 5 nitrogen and oxygen atoms in total. The highest BCUT2D eigenvalue weighted by Crippen LogP contribution is 2.30. The Labute approximate surface area is 143 Å². The first-order chi connectivity index (χ1) is 11.6. The van der Waals surface area contributed by atoms with Crippen molar-refractivity contribution >= 4 is 11.9 Å². The largest absolute Gasteiger partial charge is 0.444 e. The van der Waals surface area contributed by atoms with Crippen LogP contribution in [0.1, 0.15) is 45.3 Å². The lowest BCUT2D eigenvalue weighted by molar-refractivity contribution is -0.119. The molecule has 2 rings (SSSR count). The molecule has 0 unspecified atom stereocenters. The van der Waals surface area contributed by atoms with Gasteiger partial charge in [-0.3, -0.25) is 4.79 Å². The maximum atomic E-state index is 14.1. The second kappa shape index (κ2) is 7.43. The number of ether oxygens (including phenoxy) is 2. The van der Waals surface area contributed by atoms with Gasteiger partial charge in [0.2, 0.25) is 0 Å². The molecule has 0 spiro atoms. The first kappa shape index (κ1) is 19.2. The topological polar surface area (TPSA) is 64.6 Å². The second-order valence-corrected chi connectivity index (χ2v) is 6.82. The number of hydrogen-bond donors (Lipinski definition) is 1. The summed E-state index contributed by atoms with van der Waals surface area (Å²) in [6, 6.07) is 0.115. The van der Waals surface area contributed by atoms with E-state index in [1.165, 1.54) is 0 Å². The van der Waals surface area contributed by atoms with Crippen molar-refractivity contribution in [3.63, 3.8) is 0 Å². The van der Waals surface area contributed by atoms with E-state index in [2.05, 4.69) is 5.32 Å². The zero-order valence-electron chi connectivity index (χ0n) is 14.2. The summed E-state index contributed by atoms with van der Waals surface area (Å²) in [5, 5.41) is 2.47. The molecule has 1 aliphatic heterocycles. The van der Waals surface area contributed by atoms with Crippen molar-refractivity contribution in [2.45, 2.75) is 51.4 Å². The second-order valence-electron chi connectivity index (χ2n) is 6.82. The summed E-state index contributed by atoms with van der Waals surface area (Å²) in [7, 11) is 0. The molecule has 1 saturated heterocycles. The van der Waals surface area contributed by atoms with Gasteiger partial charge in [0.25, 0.3) is 0 Å². The van der Waals surface area contributed by atoms with Crippen LogP contribution in [0.2, 0.25) is 0 Å². The minimum absolute atomic E-state index is 0.0194. The number of alkyl carbamates (subject to hydrolysis) is 1. The number of nitrogens with one attached hydrogen (secondary N) is 1. The number of rotatable bonds is 2. The zero-order chi connectivity index (χ0) is 18.8. The van der Waals surface area contributed by atoms with E-state index in [-0.39, 0.29) is 30.8 Å². The highest BCUT2D eigenvalue weighted by Gasteiger charge is 2.34. The molecule has 138 valence electrons. The molecule has 1 fully saturated rings. The number of carbonyl (C=O) groups is 2. The summed E-state index contributed by atoms with van der Waals surface area (Å²) >= 11 is 0. The maximum absolute atomic E-state index is 14.1. The van der Waals surface area contributed by atoms with E-state index in [1.807, 2.05) is 0 Å². The number of amides is 1. The Hall–Kier alpha value is -2.09. The molecule has 1 aromatic carbocycles. The molecule has 25 heavy (non-hydrogen) atoms. The van der Waals surface area contributed by atoms with Gasteiger partial charge in [-0.2, -0.15) is 0 Å². The molecule has 0 aromatic heterocycles. The van der Waals surface area contributed by atoms with E-state index in [4.69, 9.17) is 9.47 Å². The van der Waals surface area contributed by atoms with Crippen molar-refractivity contribution in [1.29, 1.82) is 0 Å². The van der Waals surface area contributed by atoms with Gasteiger partial charge >= 0.3 is 6.09 Å². The number of hydrogen-bond acceptors (Lipinski definition) is 4. The summed E-state index contributed by atoms with van der Waals surface area (Å²) in [5.41, 5.74) is -1.04. The van der Waals surface area contributed by atoms with Crippen LogP contribution in [-0.4, -0.2) is 30.1 Å². The fourth-order valence-corrected chi connectivity index (χ4v) is 2.52. The minimum Gasteiger partial charge on any atom is -0.444 e. The van der Waals surface area contributed by atoms with Crippen LogP contribution in [0.15, 0.2) is 12.1 Å². The standard InChI is InChI=1S/C17H20F3NO4/c1-17(2,3)25-16(23)21-14-6-9(22)4-5-24-15(14)10-7-12(19)13(20)8-11(10)18/h7-8,14-15H,4-6H2,1-3H3,(H,21,23)/t14-,15+/m0/s1. The molecular formula is C17H20F3NO4. The average molecular weight is 359 g/mol. The Balaban J connectivity index is 2.30. The van der Waals surface area contributed by atoms with Gasteiger partial charge in [0.15, 0.2) is 11.6 Å². The summed E-state index contributed by atoms with van der Waals surface area (Å²) < 4.78 is 51.4. The average Bonchev–Trinajstić information content (AvgIpc) is 2.62. The SMILES string of the molecule is CC(C)(C)OC(=O)N[C@H]1CC(=O)CCO[C@@H]1c1cc(F)c(F)cc1F. The van der Waals surface area contributed by atoms with Crippen molar-refractivity contribution in [2.24, 2.45) is 0 Å². The number of halogens is 3. The fourth-order valence-electron chi connectivity index (χ4n) is 2.52. The first-order valence-corrected chi connectivity index (χ1v) is 7.84. The highest BCUT2D eigenvalue weighted by atomic mass is 19.2. The summed E-state index contributed by atoms with van der Waals surface area (Å²) in [6.07, 6.45) is -2.02. The van der Waals surface area contributed by atoms with Crippen LogP contribution in [0.3, 0.4) is 0 Å². The van der Waals surface area contributed by atoms with Crippen LogP contribution in [-0.2, 0) is 14.3 Å². The predicted octanol–water partition coefficient (Wildman–Crippen LogP) is 3.42. The van der Waals surface area contributed by atoms with Gasteiger partial charge in [0, 0.05) is 24.5 Å². The highest BCUT2D eigenvalue weighted by molar-refractivity contribution is 5.80. The van der Waals surface area contributed by atoms with Crippen molar-refractivity contribution in [3.8, 4) is 0 Å². The van der Waals surface area contributed by atoms with E-state index >= 15 is 0 Å². The van der Waals surface area contributed by atoms with Gasteiger partial charge in [-0.15, -0.1) is 0 Å². The van der Waals surface area contributed by atoms with E-state index in [0.717, 1.165) is 0 Å². The van der Waals surface area contributed by atoms with Crippen LogP contribution in [0.4, 0.5) is 18.0 Å². The summed E-state index contributed by atoms with van der Waals surface area (Å²) in [5.74, 6) is -3.80. The minimum atomic E-state index is -1.33. The van der Waals surface area contributed by atoms with E-state index < -0.39 is 41.3 Å². The quantitative estimate of drug-likeness (QED) is 0.822. The molecule has 1 aromatic rings. The molecule has 1 amide bonds. The smallest absolute Gasteiger partial charge is 0.407 e. The lowest BCUT2D eigenvalue weighted by Gasteiger charge is -2.28. The molecular weight excluding hydrogens is 339 g/mol. The van der Waals surface area contributed by atoms with E-state index in [1.54, 1.807) is 20.8 Å². The van der Waals surface area contributed by atoms with Gasteiger partial charge in [-0.05, 0) is 26.8 Å². The summed E-state index contributed by atoms with van der Waals surface area (Å²) in [4.78, 5) is 23.8. The van der Waals surface area contributed by atoms with Gasteiger partial charge in [0.05, 0.1) is 12.6 Å². The Morgan fingerprint density at radius 2 is 1.84 bits per heavy atom. The molecule has 0 radical (unpaired) electrons. The molecule has 2 atom stereocenters. The predicted molar refractivity (Wildman–Crippen MR) is 82.4 cm³/mol. The van der Waals surface area contributed by atoms with Crippen LogP contribution in [0.25, 0.3) is 0 Å². The number of carbonyl (C=O) groups excluding carboxylic acids is 2. The summed E-state index contributed by atoms with van der Waals surface area (Å²) in [6.45, 7) is 4.96. The zero-order valence-corrected chi connectivity index (χ0v) is 14.2. The molecule has 1 N–H and O–H groups in total. The molecule has 8 heteroatoms. The lowest BCUT2D eigenvalue weighted by Crippen LogP contribution is -2.43. The monoisotopic (exact) mass is 359 g/mol. The number of benzene rings is 1. The third kappa shape index (κ3) is 5.19. The Bertz CT molecular complexity index is 673. The Kier molecular flexibility index (Phi) is 5.72. The van der Waals surface area contributed by atoms with Crippen molar-refractivity contribution in [1.82, 2.24) is 5.32 Å². The lowest BCUT2D eigenvalue weighted by atomic mass is 9.97. The first-order valence-electron chi connectivity index (χ1n) is 7.84. The molecule has 0 saturated carbocycles. The Morgan fingerprint density at radius 3 is 2.48 bits per heavy atom. The van der Waals surface area contributed by atoms with Crippen LogP contribution in [0, 0.1) is 17.5 Å². The Morgan fingerprint density at radius 1 is 1.20 bits per heavy atom. The van der Waals surface area contributed by atoms with Gasteiger partial charge in [-0.25, -0.2) is 18.0 Å². The number of Topliss-reactive ketones (excluding diaryl/α,β-unsaturated/α-hetero) is 1. The third-order valence-electron chi connectivity index (χ3n) is 3.54. The fraction of sp³-hybridized carbons (Fsp3) is 0.529. The normalized spacial score (nSPS) is 21.6. The van der Waals surface area contributed by atoms with Crippen molar-refractivity contribution < 1.29 is 32.2 Å². The van der Waals surface area contributed by atoms with Crippen molar-refractivity contribution in [2.75, 3.05) is 6.61 Å². The van der Waals surface area contributed by atoms with Gasteiger partial charge in [-0.1, -0.05) is 0 Å². The van der Waals surface area contributed by atoms with Crippen LogP contribution in [0.5, 0.6) is 0 Å². The van der Waals surface area contributed by atoms with E-state index in [0.29, 0.717) is 12.1 Å². The molecule has 1 aliphatic rings. The number of ketones is 1. The van der Waals surface area contributed by atoms with Crippen LogP contribution >= 0.6 is 0 Å². The third-order valence-corrected chi connectivity index (χ3v) is 3.54. The van der Waals surface area contributed by atoms with Crippen molar-refractivity contribution in [3.05, 3.63) is 35.1 Å². The van der Waals surface area contributed by atoms with E-state index in [9.17, 15) is 22.8 Å². The molecule has 0 aliphatic carbocycles. The van der Waals surface area contributed by atoms with Crippen LogP contribution < -0.4 is 5.32 Å². The molecule has 1 heterocycles.